The molecule has 8 heteroatoms. The van der Waals surface area contributed by atoms with Crippen LogP contribution in [0, 0.1) is 0 Å². The molecule has 0 radical (unpaired) electrons. The highest BCUT2D eigenvalue weighted by Gasteiger charge is 2.33. The molecule has 0 aromatic carbocycles. The quantitative estimate of drug-likeness (QED) is 0.794. The Morgan fingerprint density at radius 1 is 1.16 bits per heavy atom. The van der Waals surface area contributed by atoms with E-state index in [0.717, 1.165) is 12.8 Å². The molecule has 25 heavy (non-hydrogen) atoms. The average molecular weight is 386 g/mol. The van der Waals surface area contributed by atoms with Gasteiger partial charge in [0, 0.05) is 38.3 Å². The Hall–Kier alpha value is -0.960. The summed E-state index contributed by atoms with van der Waals surface area (Å²) < 4.78 is 27.0. The minimum atomic E-state index is -3.38. The molecule has 2 saturated heterocycles. The standard InChI is InChI=1S/C17H27N3O3S2/c1-14-5-3-6-15(2)20(14)16(21)13-18-8-10-19(11-9-18)25(22,23)17-7-4-12-24-17/h4,7,12,14-15H,3,5-6,8-11,13H2,1-2H3/t14-,15+. The first-order valence-electron chi connectivity index (χ1n) is 8.97. The largest absolute Gasteiger partial charge is 0.336 e. The lowest BCUT2D eigenvalue weighted by molar-refractivity contribution is -0.138. The van der Waals surface area contributed by atoms with Crippen LogP contribution in [0.4, 0.5) is 0 Å². The van der Waals surface area contributed by atoms with Crippen LogP contribution in [0.3, 0.4) is 0 Å². The van der Waals surface area contributed by atoms with E-state index in [4.69, 9.17) is 0 Å². The predicted molar refractivity (Wildman–Crippen MR) is 99.1 cm³/mol. The van der Waals surface area contributed by atoms with Crippen molar-refractivity contribution in [3.63, 3.8) is 0 Å². The van der Waals surface area contributed by atoms with E-state index >= 15 is 0 Å². The van der Waals surface area contributed by atoms with Crippen LogP contribution < -0.4 is 0 Å². The number of sulfonamides is 1. The van der Waals surface area contributed by atoms with Gasteiger partial charge in [0.05, 0.1) is 6.54 Å². The van der Waals surface area contributed by atoms with Crippen LogP contribution in [0.1, 0.15) is 33.1 Å². The van der Waals surface area contributed by atoms with E-state index in [9.17, 15) is 13.2 Å². The van der Waals surface area contributed by atoms with E-state index < -0.39 is 10.0 Å². The number of hydrogen-bond donors (Lipinski definition) is 0. The van der Waals surface area contributed by atoms with Gasteiger partial charge in [-0.2, -0.15) is 4.31 Å². The van der Waals surface area contributed by atoms with Crippen molar-refractivity contribution >= 4 is 27.3 Å². The van der Waals surface area contributed by atoms with Gasteiger partial charge in [-0.3, -0.25) is 9.69 Å². The van der Waals surface area contributed by atoms with Gasteiger partial charge in [-0.15, -0.1) is 11.3 Å². The van der Waals surface area contributed by atoms with Crippen LogP contribution in [-0.4, -0.2) is 73.2 Å². The number of likely N-dealkylation sites (tertiary alicyclic amines) is 1. The molecular weight excluding hydrogens is 358 g/mol. The fourth-order valence-corrected chi connectivity index (χ4v) is 6.42. The van der Waals surface area contributed by atoms with E-state index in [1.807, 2.05) is 4.90 Å². The van der Waals surface area contributed by atoms with Crippen molar-refractivity contribution in [1.29, 1.82) is 0 Å². The number of rotatable bonds is 4. The summed E-state index contributed by atoms with van der Waals surface area (Å²) in [6.07, 6.45) is 3.33. The SMILES string of the molecule is C[C@@H]1CCC[C@H](C)N1C(=O)CN1CCN(S(=O)(=O)c2cccs2)CC1. The highest BCUT2D eigenvalue weighted by Crippen LogP contribution is 2.24. The monoisotopic (exact) mass is 385 g/mol. The van der Waals surface area contributed by atoms with Crippen LogP contribution in [0.25, 0.3) is 0 Å². The van der Waals surface area contributed by atoms with E-state index in [0.29, 0.717) is 49.0 Å². The lowest BCUT2D eigenvalue weighted by Gasteiger charge is -2.41. The number of amides is 1. The molecule has 2 aliphatic rings. The molecule has 2 aliphatic heterocycles. The number of thiophene rings is 1. The Kier molecular flexibility index (Phi) is 5.82. The molecule has 0 N–H and O–H groups in total. The van der Waals surface area contributed by atoms with Gasteiger partial charge < -0.3 is 4.90 Å². The molecule has 140 valence electrons. The van der Waals surface area contributed by atoms with Crippen molar-refractivity contribution in [1.82, 2.24) is 14.1 Å². The summed E-state index contributed by atoms with van der Waals surface area (Å²) in [7, 11) is -3.38. The predicted octanol–water partition coefficient (Wildman–Crippen LogP) is 1.84. The Balaban J connectivity index is 1.55. The highest BCUT2D eigenvalue weighted by atomic mass is 32.2. The average Bonchev–Trinajstić information content (AvgIpc) is 3.10. The van der Waals surface area contributed by atoms with Crippen LogP contribution in [0.5, 0.6) is 0 Å². The molecule has 3 heterocycles. The van der Waals surface area contributed by atoms with Gasteiger partial charge in [-0.25, -0.2) is 8.42 Å². The third kappa shape index (κ3) is 4.07. The van der Waals surface area contributed by atoms with Crippen LogP contribution in [-0.2, 0) is 14.8 Å². The van der Waals surface area contributed by atoms with Crippen molar-refractivity contribution in [3.05, 3.63) is 17.5 Å². The van der Waals surface area contributed by atoms with Gasteiger partial charge in [-0.1, -0.05) is 6.07 Å². The number of hydrogen-bond acceptors (Lipinski definition) is 5. The lowest BCUT2D eigenvalue weighted by atomic mass is 9.97. The van der Waals surface area contributed by atoms with Gasteiger partial charge in [0.2, 0.25) is 5.91 Å². The van der Waals surface area contributed by atoms with Crippen molar-refractivity contribution < 1.29 is 13.2 Å². The molecule has 1 amide bonds. The fourth-order valence-electron chi connectivity index (χ4n) is 3.85. The molecule has 3 rings (SSSR count). The smallest absolute Gasteiger partial charge is 0.252 e. The maximum absolute atomic E-state index is 12.7. The van der Waals surface area contributed by atoms with Gasteiger partial charge in [0.1, 0.15) is 4.21 Å². The number of carbonyl (C=O) groups excluding carboxylic acids is 1. The topological polar surface area (TPSA) is 60.9 Å². The third-order valence-electron chi connectivity index (χ3n) is 5.26. The van der Waals surface area contributed by atoms with Gasteiger partial charge in [0.15, 0.2) is 0 Å². The second-order valence-corrected chi connectivity index (χ2v) is 10.2. The molecule has 0 saturated carbocycles. The molecule has 2 atom stereocenters. The van der Waals surface area contributed by atoms with E-state index in [1.165, 1.54) is 22.1 Å². The fraction of sp³-hybridized carbons (Fsp3) is 0.706. The molecule has 0 aliphatic carbocycles. The molecule has 1 aromatic heterocycles. The molecular formula is C17H27N3O3S2. The molecule has 6 nitrogen and oxygen atoms in total. The Morgan fingerprint density at radius 2 is 1.80 bits per heavy atom. The Labute approximate surface area is 154 Å². The first-order valence-corrected chi connectivity index (χ1v) is 11.3. The molecule has 2 fully saturated rings. The van der Waals surface area contributed by atoms with E-state index in [1.54, 1.807) is 17.5 Å². The lowest BCUT2D eigenvalue weighted by Crippen LogP contribution is -2.54. The first kappa shape index (κ1) is 18.8. The summed E-state index contributed by atoms with van der Waals surface area (Å²) in [5.74, 6) is 0.175. The second-order valence-electron chi connectivity index (χ2n) is 7.04. The van der Waals surface area contributed by atoms with Crippen LogP contribution in [0.15, 0.2) is 21.7 Å². The minimum Gasteiger partial charge on any atom is -0.336 e. The maximum Gasteiger partial charge on any atom is 0.252 e. The van der Waals surface area contributed by atoms with Crippen molar-refractivity contribution in [2.75, 3.05) is 32.7 Å². The Morgan fingerprint density at radius 3 is 2.36 bits per heavy atom. The van der Waals surface area contributed by atoms with Crippen LogP contribution >= 0.6 is 11.3 Å². The minimum absolute atomic E-state index is 0.175. The summed E-state index contributed by atoms with van der Waals surface area (Å²) >= 11 is 1.25. The number of carbonyl (C=O) groups is 1. The second kappa shape index (κ2) is 7.73. The van der Waals surface area contributed by atoms with E-state index in [2.05, 4.69) is 18.7 Å². The van der Waals surface area contributed by atoms with Crippen molar-refractivity contribution in [2.24, 2.45) is 0 Å². The van der Waals surface area contributed by atoms with Gasteiger partial charge >= 0.3 is 0 Å². The zero-order chi connectivity index (χ0) is 18.0. The number of piperidine rings is 1. The molecule has 0 spiro atoms. The van der Waals surface area contributed by atoms with Crippen molar-refractivity contribution in [2.45, 2.75) is 49.4 Å². The van der Waals surface area contributed by atoms with Gasteiger partial charge in [0.25, 0.3) is 10.0 Å². The zero-order valence-electron chi connectivity index (χ0n) is 14.9. The first-order chi connectivity index (χ1) is 11.9. The maximum atomic E-state index is 12.7. The number of piperazine rings is 1. The summed E-state index contributed by atoms with van der Waals surface area (Å²) in [4.78, 5) is 16.8. The van der Waals surface area contributed by atoms with Gasteiger partial charge in [-0.05, 0) is 44.6 Å². The Bertz CT molecular complexity index is 672. The molecule has 0 unspecified atom stereocenters. The van der Waals surface area contributed by atoms with Crippen LogP contribution in [0.2, 0.25) is 0 Å². The zero-order valence-corrected chi connectivity index (χ0v) is 16.6. The molecule has 0 bridgehead atoms. The molecule has 1 aromatic rings. The van der Waals surface area contributed by atoms with Crippen molar-refractivity contribution in [3.8, 4) is 0 Å². The normalized spacial score (nSPS) is 26.7. The summed E-state index contributed by atoms with van der Waals surface area (Å²) in [6, 6.07) is 4.01. The third-order valence-corrected chi connectivity index (χ3v) is 8.53. The number of nitrogens with zero attached hydrogens (tertiary/aromatic N) is 3. The summed E-state index contributed by atoms with van der Waals surface area (Å²) in [6.45, 7) is 6.73. The highest BCUT2D eigenvalue weighted by molar-refractivity contribution is 7.91. The summed E-state index contributed by atoms with van der Waals surface area (Å²) in [5, 5.41) is 1.78. The van der Waals surface area contributed by atoms with E-state index in [-0.39, 0.29) is 5.91 Å². The summed E-state index contributed by atoms with van der Waals surface area (Å²) in [5.41, 5.74) is 0.